The molecule has 0 saturated carbocycles. The van der Waals surface area contributed by atoms with Gasteiger partial charge in [-0.05, 0) is 17.7 Å². The highest BCUT2D eigenvalue weighted by Crippen LogP contribution is 2.19. The highest BCUT2D eigenvalue weighted by Gasteiger charge is 2.33. The molecule has 3 rings (SSSR count). The second-order valence-electron chi connectivity index (χ2n) is 6.52. The van der Waals surface area contributed by atoms with Gasteiger partial charge < -0.3 is 15.1 Å². The maximum absolute atomic E-state index is 12.9. The molecule has 1 unspecified atom stereocenters. The number of benzene rings is 2. The predicted molar refractivity (Wildman–Crippen MR) is 110 cm³/mol. The van der Waals surface area contributed by atoms with Gasteiger partial charge in [-0.15, -0.1) is 0 Å². The first-order chi connectivity index (χ1) is 14.4. The lowest BCUT2D eigenvalue weighted by molar-refractivity contribution is -0.120. The number of amides is 2. The second kappa shape index (κ2) is 9.24. The SMILES string of the molecule is N#CCNC(=O)C(CNC(=O)c1cc2ccccc2o1)S(=O)(=O)Cc1ccccc1. The fourth-order valence-corrected chi connectivity index (χ4v) is 4.50. The number of para-hydroxylation sites is 1. The third-order valence-electron chi connectivity index (χ3n) is 4.38. The van der Waals surface area contributed by atoms with Crippen LogP contribution < -0.4 is 10.6 Å². The summed E-state index contributed by atoms with van der Waals surface area (Å²) in [5.74, 6) is -1.86. The van der Waals surface area contributed by atoms with Crippen LogP contribution in [0.2, 0.25) is 0 Å². The van der Waals surface area contributed by atoms with Crippen molar-refractivity contribution in [3.8, 4) is 6.07 Å². The first kappa shape index (κ1) is 21.1. The summed E-state index contributed by atoms with van der Waals surface area (Å²) in [5, 5.41) is 12.6. The van der Waals surface area contributed by atoms with E-state index in [0.29, 0.717) is 11.1 Å². The topological polar surface area (TPSA) is 129 Å². The van der Waals surface area contributed by atoms with Crippen LogP contribution in [0.15, 0.2) is 65.1 Å². The first-order valence-corrected chi connectivity index (χ1v) is 10.8. The van der Waals surface area contributed by atoms with Crippen molar-refractivity contribution >= 4 is 32.6 Å². The number of nitriles is 1. The van der Waals surface area contributed by atoms with Crippen molar-refractivity contribution in [1.29, 1.82) is 5.26 Å². The molecule has 2 amide bonds. The molecular formula is C21H19N3O5S. The number of nitrogens with one attached hydrogen (secondary N) is 2. The minimum Gasteiger partial charge on any atom is -0.451 e. The average Bonchev–Trinajstić information content (AvgIpc) is 3.17. The Labute approximate surface area is 173 Å². The highest BCUT2D eigenvalue weighted by atomic mass is 32.2. The molecule has 9 heteroatoms. The first-order valence-electron chi connectivity index (χ1n) is 9.07. The van der Waals surface area contributed by atoms with Gasteiger partial charge in [-0.25, -0.2) is 8.42 Å². The lowest BCUT2D eigenvalue weighted by Crippen LogP contribution is -2.47. The second-order valence-corrected chi connectivity index (χ2v) is 8.70. The van der Waals surface area contributed by atoms with E-state index in [1.807, 2.05) is 0 Å². The third kappa shape index (κ3) is 5.04. The van der Waals surface area contributed by atoms with E-state index in [-0.39, 0.29) is 18.1 Å². The van der Waals surface area contributed by atoms with E-state index in [4.69, 9.17) is 9.68 Å². The predicted octanol–water partition coefficient (Wildman–Crippen LogP) is 1.79. The van der Waals surface area contributed by atoms with Crippen LogP contribution in [0.3, 0.4) is 0 Å². The molecule has 1 aromatic heterocycles. The molecule has 8 nitrogen and oxygen atoms in total. The smallest absolute Gasteiger partial charge is 0.287 e. The summed E-state index contributed by atoms with van der Waals surface area (Å²) in [7, 11) is -3.97. The zero-order valence-corrected chi connectivity index (χ0v) is 16.7. The molecule has 0 bridgehead atoms. The number of carbonyl (C=O) groups is 2. The van der Waals surface area contributed by atoms with Gasteiger partial charge in [-0.3, -0.25) is 9.59 Å². The fourth-order valence-electron chi connectivity index (χ4n) is 2.90. The maximum atomic E-state index is 12.9. The number of fused-ring (bicyclic) bond motifs is 1. The molecule has 0 saturated heterocycles. The quantitative estimate of drug-likeness (QED) is 0.529. The van der Waals surface area contributed by atoms with Gasteiger partial charge in [0.25, 0.3) is 5.91 Å². The summed E-state index contributed by atoms with van der Waals surface area (Å²) < 4.78 is 31.2. The van der Waals surface area contributed by atoms with Crippen LogP contribution >= 0.6 is 0 Å². The standard InChI is InChI=1S/C21H19N3O5S/c22-10-11-23-21(26)19(30(27,28)14-15-6-2-1-3-7-15)13-24-20(25)18-12-16-8-4-5-9-17(16)29-18/h1-9,12,19H,11,13-14H2,(H,23,26)(H,24,25). The summed E-state index contributed by atoms with van der Waals surface area (Å²) in [4.78, 5) is 24.9. The maximum Gasteiger partial charge on any atom is 0.287 e. The van der Waals surface area contributed by atoms with Gasteiger partial charge in [0.05, 0.1) is 11.8 Å². The molecule has 3 aromatic rings. The average molecular weight is 425 g/mol. The molecule has 0 aliphatic heterocycles. The van der Waals surface area contributed by atoms with Gasteiger partial charge in [0.15, 0.2) is 20.8 Å². The van der Waals surface area contributed by atoms with Crippen LogP contribution in [-0.4, -0.2) is 38.6 Å². The molecule has 154 valence electrons. The Morgan fingerprint density at radius 1 is 1.03 bits per heavy atom. The fraction of sp³-hybridized carbons (Fsp3) is 0.190. The van der Waals surface area contributed by atoms with Gasteiger partial charge >= 0.3 is 0 Å². The molecule has 2 N–H and O–H groups in total. The van der Waals surface area contributed by atoms with Gasteiger partial charge in [0.2, 0.25) is 5.91 Å². The van der Waals surface area contributed by atoms with Crippen molar-refractivity contribution in [1.82, 2.24) is 10.6 Å². The molecule has 0 aliphatic rings. The molecule has 30 heavy (non-hydrogen) atoms. The van der Waals surface area contributed by atoms with Crippen molar-refractivity contribution in [2.24, 2.45) is 0 Å². The van der Waals surface area contributed by atoms with E-state index in [2.05, 4.69) is 10.6 Å². The minimum atomic E-state index is -3.97. The van der Waals surface area contributed by atoms with Crippen molar-refractivity contribution in [3.63, 3.8) is 0 Å². The van der Waals surface area contributed by atoms with E-state index < -0.39 is 33.4 Å². The van der Waals surface area contributed by atoms with Crippen LogP contribution in [-0.2, 0) is 20.4 Å². The lowest BCUT2D eigenvalue weighted by atomic mass is 10.2. The number of carbonyl (C=O) groups excluding carboxylic acids is 2. The van der Waals surface area contributed by atoms with Gasteiger partial charge in [-0.2, -0.15) is 5.26 Å². The van der Waals surface area contributed by atoms with Crippen LogP contribution in [0.1, 0.15) is 16.1 Å². The molecule has 0 aliphatic carbocycles. The number of furan rings is 1. The number of nitrogens with zero attached hydrogens (tertiary/aromatic N) is 1. The number of sulfone groups is 1. The molecule has 0 radical (unpaired) electrons. The Morgan fingerprint density at radius 2 is 1.73 bits per heavy atom. The van der Waals surface area contributed by atoms with Crippen molar-refractivity contribution in [2.75, 3.05) is 13.1 Å². The number of hydrogen-bond acceptors (Lipinski definition) is 6. The number of hydrogen-bond donors (Lipinski definition) is 2. The molecule has 1 atom stereocenters. The Hall–Kier alpha value is -3.64. The van der Waals surface area contributed by atoms with Crippen molar-refractivity contribution < 1.29 is 22.4 Å². The van der Waals surface area contributed by atoms with E-state index >= 15 is 0 Å². The summed E-state index contributed by atoms with van der Waals surface area (Å²) in [5.41, 5.74) is 1.03. The van der Waals surface area contributed by atoms with E-state index in [1.54, 1.807) is 60.7 Å². The zero-order valence-electron chi connectivity index (χ0n) is 15.9. The Bertz CT molecular complexity index is 1160. The van der Waals surface area contributed by atoms with Gasteiger partial charge in [0.1, 0.15) is 12.1 Å². The van der Waals surface area contributed by atoms with Crippen molar-refractivity contribution in [2.45, 2.75) is 11.0 Å². The molecular weight excluding hydrogens is 406 g/mol. The van der Waals surface area contributed by atoms with E-state index in [0.717, 1.165) is 5.39 Å². The van der Waals surface area contributed by atoms with Crippen LogP contribution in [0.5, 0.6) is 0 Å². The van der Waals surface area contributed by atoms with Gasteiger partial charge in [-0.1, -0.05) is 48.5 Å². The van der Waals surface area contributed by atoms with Crippen LogP contribution in [0.25, 0.3) is 11.0 Å². The summed E-state index contributed by atoms with van der Waals surface area (Å²) in [6, 6.07) is 18.7. The lowest BCUT2D eigenvalue weighted by Gasteiger charge is -2.17. The largest absolute Gasteiger partial charge is 0.451 e. The normalized spacial score (nSPS) is 12.1. The molecule has 0 fully saturated rings. The third-order valence-corrected chi connectivity index (χ3v) is 6.36. The highest BCUT2D eigenvalue weighted by molar-refractivity contribution is 7.92. The van der Waals surface area contributed by atoms with Crippen LogP contribution in [0.4, 0.5) is 0 Å². The van der Waals surface area contributed by atoms with Crippen molar-refractivity contribution in [3.05, 3.63) is 72.0 Å². The zero-order chi connectivity index (χ0) is 21.6. The monoisotopic (exact) mass is 425 g/mol. The molecule has 1 heterocycles. The minimum absolute atomic E-state index is 0.00726. The Kier molecular flexibility index (Phi) is 6.49. The number of rotatable bonds is 8. The summed E-state index contributed by atoms with van der Waals surface area (Å²) in [6.45, 7) is -0.796. The molecule has 0 spiro atoms. The van der Waals surface area contributed by atoms with E-state index in [1.165, 1.54) is 6.07 Å². The van der Waals surface area contributed by atoms with Gasteiger partial charge in [0, 0.05) is 11.9 Å². The summed E-state index contributed by atoms with van der Waals surface area (Å²) >= 11 is 0. The van der Waals surface area contributed by atoms with E-state index in [9.17, 15) is 18.0 Å². The Morgan fingerprint density at radius 3 is 2.43 bits per heavy atom. The molecule has 2 aromatic carbocycles. The van der Waals surface area contributed by atoms with Crippen LogP contribution in [0, 0.1) is 11.3 Å². The summed E-state index contributed by atoms with van der Waals surface area (Å²) in [6.07, 6.45) is 0. The Balaban J connectivity index is 1.77.